The summed E-state index contributed by atoms with van der Waals surface area (Å²) in [5, 5.41) is 6.90. The van der Waals surface area contributed by atoms with Crippen molar-refractivity contribution in [2.75, 3.05) is 0 Å². The van der Waals surface area contributed by atoms with E-state index in [-0.39, 0.29) is 10.8 Å². The zero-order valence-electron chi connectivity index (χ0n) is 29.0. The Morgan fingerprint density at radius 3 is 1.90 bits per heavy atom. The molecule has 2 aromatic heterocycles. The van der Waals surface area contributed by atoms with Crippen LogP contribution in [0.4, 0.5) is 0 Å². The minimum Gasteiger partial charge on any atom is -0.456 e. The average molecular weight is 658 g/mol. The highest BCUT2D eigenvalue weighted by molar-refractivity contribution is 6.19. The molecular weight excluding hydrogens is 623 g/mol. The maximum Gasteiger partial charge on any atom is 0.164 e. The summed E-state index contributed by atoms with van der Waals surface area (Å²) < 4.78 is 6.31. The van der Waals surface area contributed by atoms with Gasteiger partial charge in [0, 0.05) is 32.8 Å². The van der Waals surface area contributed by atoms with Gasteiger partial charge in [-0.05, 0) is 73.5 Å². The summed E-state index contributed by atoms with van der Waals surface area (Å²) in [5.41, 5.74) is 9.45. The van der Waals surface area contributed by atoms with Crippen LogP contribution in [-0.4, -0.2) is 15.0 Å². The van der Waals surface area contributed by atoms with E-state index in [1.165, 1.54) is 38.4 Å². The molecule has 0 aliphatic heterocycles. The number of hydrogen-bond donors (Lipinski definition) is 0. The van der Waals surface area contributed by atoms with E-state index < -0.39 is 0 Å². The Morgan fingerprint density at radius 1 is 0.431 bits per heavy atom. The van der Waals surface area contributed by atoms with E-state index in [9.17, 15) is 0 Å². The van der Waals surface area contributed by atoms with Gasteiger partial charge in [-0.25, -0.2) is 15.0 Å². The first-order valence-electron chi connectivity index (χ1n) is 17.6. The maximum atomic E-state index is 6.31. The number of fused-ring (bicyclic) bond motifs is 10. The van der Waals surface area contributed by atoms with Crippen LogP contribution < -0.4 is 0 Å². The number of para-hydroxylation sites is 1. The molecule has 10 rings (SSSR count). The lowest BCUT2D eigenvalue weighted by molar-refractivity contribution is 0.299. The predicted octanol–water partition coefficient (Wildman–Crippen LogP) is 12.3. The lowest BCUT2D eigenvalue weighted by Gasteiger charge is -2.48. The first-order chi connectivity index (χ1) is 24.8. The minimum atomic E-state index is -0.199. The fraction of sp³-hybridized carbons (Fsp3) is 0.128. The standard InChI is InChI=1S/C47H35N3O/c1-46(2)37-20-12-10-19-34(37)42-35-25-22-28-14-8-9-17-31(28)41(35)36(27-38(42)47(46,3)4)45-49-43(29-15-6-5-7-16-29)48-44(50-45)30-23-24-33-32-18-11-13-21-39(32)51-40(33)26-30/h5-27H,1-4H3. The number of aromatic nitrogens is 3. The summed E-state index contributed by atoms with van der Waals surface area (Å²) in [7, 11) is 0. The Hall–Kier alpha value is -6.13. The number of nitrogens with zero attached hydrogens (tertiary/aromatic N) is 3. The van der Waals surface area contributed by atoms with Gasteiger partial charge >= 0.3 is 0 Å². The molecule has 0 N–H and O–H groups in total. The van der Waals surface area contributed by atoms with Crippen LogP contribution in [0.5, 0.6) is 0 Å². The largest absolute Gasteiger partial charge is 0.456 e. The highest BCUT2D eigenvalue weighted by atomic mass is 16.3. The van der Waals surface area contributed by atoms with Crippen molar-refractivity contribution in [1.82, 2.24) is 15.0 Å². The summed E-state index contributed by atoms with van der Waals surface area (Å²) in [6, 6.07) is 49.2. The molecule has 2 heterocycles. The van der Waals surface area contributed by atoms with Crippen LogP contribution in [0.2, 0.25) is 0 Å². The molecule has 0 spiro atoms. The second kappa shape index (κ2) is 10.7. The fourth-order valence-electron chi connectivity index (χ4n) is 8.29. The smallest absolute Gasteiger partial charge is 0.164 e. The SMILES string of the molecule is CC1(C)c2ccccc2-c2c(cc(-c3nc(-c4ccccc4)nc(-c4ccc5c(c4)oc4ccccc45)n3)c3c2ccc2ccccc23)C1(C)C. The van der Waals surface area contributed by atoms with Crippen LogP contribution in [0.1, 0.15) is 38.8 Å². The van der Waals surface area contributed by atoms with Gasteiger partial charge in [0.1, 0.15) is 11.2 Å². The predicted molar refractivity (Wildman–Crippen MR) is 210 cm³/mol. The van der Waals surface area contributed by atoms with E-state index in [0.717, 1.165) is 44.0 Å². The van der Waals surface area contributed by atoms with Gasteiger partial charge in [-0.2, -0.15) is 0 Å². The molecule has 0 fully saturated rings. The number of hydrogen-bond acceptors (Lipinski definition) is 4. The molecule has 4 heteroatoms. The lowest BCUT2D eigenvalue weighted by Crippen LogP contribution is -2.43. The van der Waals surface area contributed by atoms with E-state index >= 15 is 0 Å². The van der Waals surface area contributed by atoms with Crippen molar-refractivity contribution < 1.29 is 4.42 Å². The van der Waals surface area contributed by atoms with E-state index in [1.807, 2.05) is 36.4 Å². The Morgan fingerprint density at radius 2 is 1.06 bits per heavy atom. The Balaban J connectivity index is 1.31. The maximum absolute atomic E-state index is 6.31. The fourth-order valence-corrected chi connectivity index (χ4v) is 8.29. The molecule has 4 nitrogen and oxygen atoms in total. The molecule has 1 aliphatic rings. The Kier molecular flexibility index (Phi) is 6.23. The molecule has 0 unspecified atom stereocenters. The number of benzene rings is 7. The van der Waals surface area contributed by atoms with Gasteiger partial charge in [0.05, 0.1) is 0 Å². The summed E-state index contributed by atoms with van der Waals surface area (Å²) >= 11 is 0. The molecule has 0 bridgehead atoms. The van der Waals surface area contributed by atoms with Crippen molar-refractivity contribution in [3.05, 3.63) is 151 Å². The summed E-state index contributed by atoms with van der Waals surface area (Å²) in [6.45, 7) is 9.52. The van der Waals surface area contributed by atoms with Crippen LogP contribution in [0, 0.1) is 0 Å². The zero-order chi connectivity index (χ0) is 34.5. The second-order valence-electron chi connectivity index (χ2n) is 14.8. The van der Waals surface area contributed by atoms with Crippen molar-refractivity contribution >= 4 is 43.5 Å². The van der Waals surface area contributed by atoms with Crippen LogP contribution in [0.3, 0.4) is 0 Å². The normalized spacial score (nSPS) is 14.6. The van der Waals surface area contributed by atoms with Gasteiger partial charge in [-0.3, -0.25) is 0 Å². The first kappa shape index (κ1) is 29.8. The van der Waals surface area contributed by atoms with Crippen LogP contribution in [-0.2, 0) is 10.8 Å². The number of furan rings is 1. The first-order valence-corrected chi connectivity index (χ1v) is 17.6. The molecule has 1 aliphatic carbocycles. The highest BCUT2D eigenvalue weighted by Gasteiger charge is 2.46. The van der Waals surface area contributed by atoms with Crippen LogP contribution in [0.15, 0.2) is 144 Å². The summed E-state index contributed by atoms with van der Waals surface area (Å²) in [4.78, 5) is 15.7. The zero-order valence-corrected chi connectivity index (χ0v) is 29.0. The van der Waals surface area contributed by atoms with Gasteiger partial charge in [-0.15, -0.1) is 0 Å². The van der Waals surface area contributed by atoms with Crippen molar-refractivity contribution in [1.29, 1.82) is 0 Å². The average Bonchev–Trinajstić information content (AvgIpc) is 3.55. The molecule has 51 heavy (non-hydrogen) atoms. The van der Waals surface area contributed by atoms with Gasteiger partial charge in [0.25, 0.3) is 0 Å². The van der Waals surface area contributed by atoms with Gasteiger partial charge < -0.3 is 4.42 Å². The van der Waals surface area contributed by atoms with Gasteiger partial charge in [-0.1, -0.05) is 143 Å². The monoisotopic (exact) mass is 657 g/mol. The molecule has 0 amide bonds. The third-order valence-electron chi connectivity index (χ3n) is 11.7. The molecular formula is C47H35N3O. The van der Waals surface area contributed by atoms with E-state index in [4.69, 9.17) is 19.4 Å². The topological polar surface area (TPSA) is 51.8 Å². The summed E-state index contributed by atoms with van der Waals surface area (Å²) in [5.74, 6) is 1.90. The van der Waals surface area contributed by atoms with Crippen molar-refractivity contribution in [3.63, 3.8) is 0 Å². The second-order valence-corrected chi connectivity index (χ2v) is 14.8. The van der Waals surface area contributed by atoms with E-state index in [0.29, 0.717) is 17.5 Å². The number of rotatable bonds is 3. The third-order valence-corrected chi connectivity index (χ3v) is 11.7. The molecule has 0 radical (unpaired) electrons. The van der Waals surface area contributed by atoms with Crippen LogP contribution >= 0.6 is 0 Å². The molecule has 7 aromatic carbocycles. The molecule has 0 saturated carbocycles. The van der Waals surface area contributed by atoms with E-state index in [2.05, 4.69) is 131 Å². The molecule has 0 atom stereocenters. The minimum absolute atomic E-state index is 0.125. The third kappa shape index (κ3) is 4.29. The van der Waals surface area contributed by atoms with Crippen molar-refractivity contribution in [3.8, 4) is 45.3 Å². The Labute approximate surface area is 296 Å². The van der Waals surface area contributed by atoms with Crippen LogP contribution in [0.25, 0.3) is 88.8 Å². The highest BCUT2D eigenvalue weighted by Crippen LogP contribution is 2.57. The lowest BCUT2D eigenvalue weighted by atomic mass is 9.55. The van der Waals surface area contributed by atoms with E-state index in [1.54, 1.807) is 0 Å². The molecule has 244 valence electrons. The quantitative estimate of drug-likeness (QED) is 0.177. The Bertz CT molecular complexity index is 2860. The van der Waals surface area contributed by atoms with Gasteiger partial charge in [0.15, 0.2) is 17.5 Å². The van der Waals surface area contributed by atoms with Crippen molar-refractivity contribution in [2.45, 2.75) is 38.5 Å². The molecule has 9 aromatic rings. The molecule has 0 saturated heterocycles. The summed E-state index contributed by atoms with van der Waals surface area (Å²) in [6.07, 6.45) is 0. The van der Waals surface area contributed by atoms with Crippen molar-refractivity contribution in [2.24, 2.45) is 0 Å². The van der Waals surface area contributed by atoms with Gasteiger partial charge in [0.2, 0.25) is 0 Å².